The second-order valence-corrected chi connectivity index (χ2v) is 11.4. The van der Waals surface area contributed by atoms with Gasteiger partial charge in [0, 0.05) is 23.7 Å². The molecule has 0 aliphatic heterocycles. The molecule has 1 aromatic heterocycles. The number of carbonyl (C=O) groups excluding carboxylic acids is 1. The SMILES string of the molecule is CCCCCCCCCCCCCCOc1ccc(C(=O)Nc2ccc(C[n+]3ccsc3C)cc2)cc1OC. The van der Waals surface area contributed by atoms with E-state index in [1.807, 2.05) is 30.3 Å². The summed E-state index contributed by atoms with van der Waals surface area (Å²) in [5.41, 5.74) is 2.50. The van der Waals surface area contributed by atoms with Gasteiger partial charge < -0.3 is 14.8 Å². The van der Waals surface area contributed by atoms with Gasteiger partial charge in [-0.3, -0.25) is 4.79 Å². The van der Waals surface area contributed by atoms with Crippen LogP contribution in [0.25, 0.3) is 0 Å². The number of hydrogen-bond donors (Lipinski definition) is 1. The zero-order valence-corrected chi connectivity index (χ0v) is 25.0. The first-order valence-corrected chi connectivity index (χ1v) is 15.6. The van der Waals surface area contributed by atoms with Gasteiger partial charge in [-0.15, -0.1) is 0 Å². The summed E-state index contributed by atoms with van der Waals surface area (Å²) in [5.74, 6) is 1.10. The Hall–Kier alpha value is -2.86. The number of benzene rings is 2. The van der Waals surface area contributed by atoms with Gasteiger partial charge in [-0.05, 0) is 36.8 Å². The van der Waals surface area contributed by atoms with Crippen LogP contribution in [0, 0.1) is 6.92 Å². The third kappa shape index (κ3) is 11.0. The molecule has 0 radical (unpaired) electrons. The molecular formula is C33H47N2O3S+. The number of hydrogen-bond acceptors (Lipinski definition) is 4. The van der Waals surface area contributed by atoms with Crippen LogP contribution < -0.4 is 19.4 Å². The summed E-state index contributed by atoms with van der Waals surface area (Å²) in [6, 6.07) is 13.4. The summed E-state index contributed by atoms with van der Waals surface area (Å²) in [7, 11) is 1.61. The first-order chi connectivity index (χ1) is 19.1. The molecule has 212 valence electrons. The smallest absolute Gasteiger partial charge is 0.255 e. The number of methoxy groups -OCH3 is 1. The van der Waals surface area contributed by atoms with Gasteiger partial charge in [-0.1, -0.05) is 101 Å². The molecule has 0 bridgehead atoms. The molecule has 3 aromatic rings. The average molecular weight is 552 g/mol. The molecule has 1 N–H and O–H groups in total. The number of nitrogens with one attached hydrogen (secondary N) is 1. The highest BCUT2D eigenvalue weighted by atomic mass is 32.1. The molecule has 0 aliphatic rings. The van der Waals surface area contributed by atoms with Crippen molar-refractivity contribution < 1.29 is 18.8 Å². The Morgan fingerprint density at radius 1 is 0.846 bits per heavy atom. The number of thiazole rings is 1. The van der Waals surface area contributed by atoms with Gasteiger partial charge in [0.15, 0.2) is 24.2 Å². The Balaban J connectivity index is 1.35. The van der Waals surface area contributed by atoms with Gasteiger partial charge in [0.1, 0.15) is 0 Å². The Morgan fingerprint density at radius 3 is 2.08 bits per heavy atom. The van der Waals surface area contributed by atoms with E-state index in [1.54, 1.807) is 30.6 Å². The van der Waals surface area contributed by atoms with E-state index in [1.165, 1.54) is 81.2 Å². The zero-order valence-electron chi connectivity index (χ0n) is 24.2. The van der Waals surface area contributed by atoms with Crippen LogP contribution in [0.3, 0.4) is 0 Å². The normalized spacial score (nSPS) is 10.9. The van der Waals surface area contributed by atoms with Gasteiger partial charge in [0.05, 0.1) is 19.1 Å². The van der Waals surface area contributed by atoms with Gasteiger partial charge in [-0.25, -0.2) is 0 Å². The average Bonchev–Trinajstić information content (AvgIpc) is 3.36. The monoisotopic (exact) mass is 551 g/mol. The molecule has 0 saturated heterocycles. The van der Waals surface area contributed by atoms with Gasteiger partial charge >= 0.3 is 0 Å². The Kier molecular flexibility index (Phi) is 13.9. The van der Waals surface area contributed by atoms with E-state index in [9.17, 15) is 4.79 Å². The van der Waals surface area contributed by atoms with Crippen LogP contribution >= 0.6 is 11.3 Å². The fourth-order valence-corrected chi connectivity index (χ4v) is 5.35. The largest absolute Gasteiger partial charge is 0.493 e. The van der Waals surface area contributed by atoms with Crippen LogP contribution in [-0.4, -0.2) is 19.6 Å². The summed E-state index contributed by atoms with van der Waals surface area (Å²) in [4.78, 5) is 12.9. The molecule has 0 aliphatic carbocycles. The van der Waals surface area contributed by atoms with Crippen molar-refractivity contribution in [2.75, 3.05) is 19.0 Å². The number of nitrogens with zero attached hydrogens (tertiary/aromatic N) is 1. The van der Waals surface area contributed by atoms with E-state index in [0.717, 1.165) is 18.7 Å². The highest BCUT2D eigenvalue weighted by Crippen LogP contribution is 2.29. The lowest BCUT2D eigenvalue weighted by molar-refractivity contribution is -0.689. The fraction of sp³-hybridized carbons (Fsp3) is 0.515. The maximum absolute atomic E-state index is 12.9. The number of ether oxygens (including phenoxy) is 2. The van der Waals surface area contributed by atoms with Gasteiger partial charge in [-0.2, -0.15) is 4.57 Å². The minimum Gasteiger partial charge on any atom is -0.493 e. The van der Waals surface area contributed by atoms with Crippen LogP contribution in [0.4, 0.5) is 5.69 Å². The number of aryl methyl sites for hydroxylation is 1. The lowest BCUT2D eigenvalue weighted by atomic mass is 10.1. The number of rotatable bonds is 19. The summed E-state index contributed by atoms with van der Waals surface area (Å²) < 4.78 is 13.7. The highest BCUT2D eigenvalue weighted by Gasteiger charge is 2.13. The van der Waals surface area contributed by atoms with Crippen molar-refractivity contribution in [3.8, 4) is 11.5 Å². The number of aromatic nitrogens is 1. The van der Waals surface area contributed by atoms with Gasteiger partial charge in [0.25, 0.3) is 5.91 Å². The van der Waals surface area contributed by atoms with Crippen LogP contribution in [0.5, 0.6) is 11.5 Å². The topological polar surface area (TPSA) is 51.4 Å². The molecule has 2 aromatic carbocycles. The molecule has 0 unspecified atom stereocenters. The molecule has 39 heavy (non-hydrogen) atoms. The molecule has 0 saturated carbocycles. The number of amides is 1. The van der Waals surface area contributed by atoms with Crippen molar-refractivity contribution in [1.29, 1.82) is 0 Å². The predicted molar refractivity (Wildman–Crippen MR) is 162 cm³/mol. The zero-order chi connectivity index (χ0) is 27.7. The second-order valence-electron chi connectivity index (χ2n) is 10.3. The molecule has 1 amide bonds. The van der Waals surface area contributed by atoms with Crippen LogP contribution in [0.2, 0.25) is 0 Å². The molecule has 0 atom stereocenters. The standard InChI is InChI=1S/C33H46N2O3S/c1-4-5-6-7-8-9-10-11-12-13-14-15-23-38-31-21-18-29(25-32(31)37-3)33(36)34-30-19-16-28(17-20-30)26-35-22-24-39-27(35)2/h16-22,24-25H,4-15,23,26H2,1-3H3/p+1. The van der Waals surface area contributed by atoms with Crippen molar-refractivity contribution in [2.24, 2.45) is 0 Å². The first-order valence-electron chi connectivity index (χ1n) is 14.8. The van der Waals surface area contributed by atoms with E-state index in [-0.39, 0.29) is 5.91 Å². The van der Waals surface area contributed by atoms with Crippen molar-refractivity contribution in [3.05, 3.63) is 70.2 Å². The van der Waals surface area contributed by atoms with Crippen molar-refractivity contribution in [2.45, 2.75) is 97.4 Å². The number of anilines is 1. The lowest BCUT2D eigenvalue weighted by Gasteiger charge is -2.12. The lowest BCUT2D eigenvalue weighted by Crippen LogP contribution is -2.34. The molecule has 0 fully saturated rings. The van der Waals surface area contributed by atoms with Crippen LogP contribution in [0.15, 0.2) is 54.0 Å². The Labute approximate surface area is 239 Å². The van der Waals surface area contributed by atoms with Crippen LogP contribution in [-0.2, 0) is 6.54 Å². The Bertz CT molecular complexity index is 1110. The van der Waals surface area contributed by atoms with E-state index in [2.05, 4.69) is 35.3 Å². The van der Waals surface area contributed by atoms with Crippen molar-refractivity contribution in [3.63, 3.8) is 0 Å². The molecule has 3 rings (SSSR count). The molecule has 5 nitrogen and oxygen atoms in total. The third-order valence-corrected chi connectivity index (χ3v) is 7.96. The second kappa shape index (κ2) is 17.7. The molecular weight excluding hydrogens is 504 g/mol. The number of carbonyl (C=O) groups is 1. The minimum absolute atomic E-state index is 0.170. The van der Waals surface area contributed by atoms with Crippen molar-refractivity contribution >= 4 is 22.9 Å². The summed E-state index contributed by atoms with van der Waals surface area (Å²) >= 11 is 1.74. The highest BCUT2D eigenvalue weighted by molar-refractivity contribution is 7.09. The van der Waals surface area contributed by atoms with Crippen LogP contribution in [0.1, 0.15) is 105 Å². The van der Waals surface area contributed by atoms with E-state index in [4.69, 9.17) is 9.47 Å². The molecule has 6 heteroatoms. The van der Waals surface area contributed by atoms with E-state index < -0.39 is 0 Å². The fourth-order valence-electron chi connectivity index (χ4n) is 4.69. The first kappa shape index (κ1) is 30.7. The van der Waals surface area contributed by atoms with Gasteiger partial charge in [0.2, 0.25) is 5.01 Å². The predicted octanol–water partition coefficient (Wildman–Crippen LogP) is 8.73. The molecule has 1 heterocycles. The maximum Gasteiger partial charge on any atom is 0.255 e. The van der Waals surface area contributed by atoms with E-state index in [0.29, 0.717) is 23.7 Å². The quantitative estimate of drug-likeness (QED) is 0.120. The van der Waals surface area contributed by atoms with Crippen molar-refractivity contribution in [1.82, 2.24) is 0 Å². The van der Waals surface area contributed by atoms with E-state index >= 15 is 0 Å². The maximum atomic E-state index is 12.9. The third-order valence-electron chi connectivity index (χ3n) is 7.13. The summed E-state index contributed by atoms with van der Waals surface area (Å²) in [6.45, 7) is 5.87. The summed E-state index contributed by atoms with van der Waals surface area (Å²) in [5, 5.41) is 6.34. The minimum atomic E-state index is -0.170. The number of unbranched alkanes of at least 4 members (excludes halogenated alkanes) is 11. The molecule has 0 spiro atoms. The summed E-state index contributed by atoms with van der Waals surface area (Å²) in [6.07, 6.45) is 17.9. The Morgan fingerprint density at radius 2 is 1.49 bits per heavy atom.